The third-order valence-corrected chi connectivity index (χ3v) is 1.86. The molecule has 0 aromatic heterocycles. The maximum absolute atomic E-state index is 10.8. The number of aliphatic carboxylic acids is 1. The van der Waals surface area contributed by atoms with Crippen molar-refractivity contribution in [2.24, 2.45) is 0 Å². The predicted molar refractivity (Wildman–Crippen MR) is 57.0 cm³/mol. The third-order valence-electron chi connectivity index (χ3n) is 1.86. The fraction of sp³-hybridized carbons (Fsp3) is 0. The number of carboxylic acid groups (broad SMARTS) is 1. The molecule has 0 atom stereocenters. The van der Waals surface area contributed by atoms with Gasteiger partial charge in [0.2, 0.25) is 0 Å². The topological polar surface area (TPSA) is 105 Å². The Hall–Kier alpha value is -2.61. The van der Waals surface area contributed by atoms with E-state index in [1.165, 1.54) is 18.2 Å². The van der Waals surface area contributed by atoms with Crippen LogP contribution in [0, 0.1) is 16.7 Å². The van der Waals surface area contributed by atoms with Crippen molar-refractivity contribution in [3.8, 4) is 6.07 Å². The summed E-state index contributed by atoms with van der Waals surface area (Å²) in [4.78, 5) is 10.8. The fourth-order valence-electron chi connectivity index (χ4n) is 1.12. The van der Waals surface area contributed by atoms with Crippen LogP contribution in [0.1, 0.15) is 5.56 Å². The normalized spacial score (nSPS) is 11.2. The molecule has 5 heteroatoms. The first-order chi connectivity index (χ1) is 7.57. The molecule has 0 heterocycles. The molecule has 5 nitrogen and oxygen atoms in total. The highest BCUT2D eigenvalue weighted by Gasteiger charge is 2.20. The van der Waals surface area contributed by atoms with Gasteiger partial charge in [-0.2, -0.15) is 5.26 Å². The monoisotopic (exact) mass is 216 g/mol. The van der Waals surface area contributed by atoms with Crippen molar-refractivity contribution < 1.29 is 15.0 Å². The minimum Gasteiger partial charge on any atom is -0.506 e. The molecule has 0 saturated carbocycles. The highest BCUT2D eigenvalue weighted by molar-refractivity contribution is 6.28. The maximum Gasteiger partial charge on any atom is 0.342 e. The van der Waals surface area contributed by atoms with Crippen molar-refractivity contribution in [3.05, 3.63) is 41.5 Å². The molecule has 0 fully saturated rings. The van der Waals surface area contributed by atoms with E-state index >= 15 is 0 Å². The first kappa shape index (κ1) is 11.5. The Kier molecular flexibility index (Phi) is 3.41. The molecule has 3 N–H and O–H groups in total. The number of hydrogen-bond donors (Lipinski definition) is 3. The zero-order chi connectivity index (χ0) is 12.1. The molecule has 0 aliphatic heterocycles. The first-order valence-corrected chi connectivity index (χ1v) is 4.29. The number of nitrogens with zero attached hydrogens (tertiary/aromatic N) is 1. The number of rotatable bonds is 3. The fourth-order valence-corrected chi connectivity index (χ4v) is 1.12. The number of benzene rings is 1. The molecule has 0 bridgehead atoms. The van der Waals surface area contributed by atoms with Crippen molar-refractivity contribution in [3.63, 3.8) is 0 Å². The first-order valence-electron chi connectivity index (χ1n) is 4.29. The number of carbonyl (C=O) groups is 1. The van der Waals surface area contributed by atoms with Crippen LogP contribution in [0.3, 0.4) is 0 Å². The zero-order valence-electron chi connectivity index (χ0n) is 8.14. The number of aliphatic hydroxyl groups is 1. The molecule has 80 valence electrons. The van der Waals surface area contributed by atoms with Crippen molar-refractivity contribution in [2.45, 2.75) is 0 Å². The van der Waals surface area contributed by atoms with Gasteiger partial charge in [0.1, 0.15) is 17.4 Å². The van der Waals surface area contributed by atoms with Gasteiger partial charge in [0.05, 0.1) is 0 Å². The van der Waals surface area contributed by atoms with Crippen LogP contribution in [0.5, 0.6) is 0 Å². The lowest BCUT2D eigenvalue weighted by atomic mass is 10.1. The second kappa shape index (κ2) is 4.75. The van der Waals surface area contributed by atoms with Gasteiger partial charge in [-0.15, -0.1) is 0 Å². The molecular weight excluding hydrogens is 208 g/mol. The largest absolute Gasteiger partial charge is 0.506 e. The molecule has 0 aliphatic carbocycles. The van der Waals surface area contributed by atoms with Crippen LogP contribution in [-0.4, -0.2) is 21.9 Å². The van der Waals surface area contributed by atoms with Gasteiger partial charge in [-0.1, -0.05) is 30.3 Å². The van der Waals surface area contributed by atoms with E-state index in [1.54, 1.807) is 18.2 Å². The van der Waals surface area contributed by atoms with Crippen LogP contribution in [0.2, 0.25) is 0 Å². The number of carboxylic acids is 1. The predicted octanol–water partition coefficient (Wildman–Crippen LogP) is 1.58. The lowest BCUT2D eigenvalue weighted by molar-refractivity contribution is -0.132. The summed E-state index contributed by atoms with van der Waals surface area (Å²) in [6, 6.07) is 9.29. The van der Waals surface area contributed by atoms with E-state index in [0.717, 1.165) is 0 Å². The SMILES string of the molecule is N#CC(=N)C(C(=O)O)=C(O)c1ccccc1. The lowest BCUT2D eigenvalue weighted by Gasteiger charge is -2.03. The Bertz CT molecular complexity index is 498. The highest BCUT2D eigenvalue weighted by Crippen LogP contribution is 2.16. The molecule has 1 aromatic rings. The Morgan fingerprint density at radius 3 is 2.25 bits per heavy atom. The lowest BCUT2D eigenvalue weighted by Crippen LogP contribution is -2.12. The van der Waals surface area contributed by atoms with Crippen LogP contribution in [0.4, 0.5) is 0 Å². The molecular formula is C11H8N2O3. The third kappa shape index (κ3) is 2.25. The Labute approximate surface area is 91.4 Å². The zero-order valence-corrected chi connectivity index (χ0v) is 8.14. The minimum atomic E-state index is -1.51. The van der Waals surface area contributed by atoms with Crippen molar-refractivity contribution in [1.29, 1.82) is 10.7 Å². The summed E-state index contributed by atoms with van der Waals surface area (Å²) in [5, 5.41) is 34.1. The summed E-state index contributed by atoms with van der Waals surface area (Å²) in [6.45, 7) is 0. The van der Waals surface area contributed by atoms with E-state index in [2.05, 4.69) is 0 Å². The molecule has 0 amide bonds. The molecule has 0 spiro atoms. The van der Waals surface area contributed by atoms with Gasteiger partial charge >= 0.3 is 5.97 Å². The summed E-state index contributed by atoms with van der Waals surface area (Å²) in [6.07, 6.45) is 0. The van der Waals surface area contributed by atoms with E-state index in [9.17, 15) is 9.90 Å². The van der Waals surface area contributed by atoms with Gasteiger partial charge in [-0.25, -0.2) is 4.79 Å². The van der Waals surface area contributed by atoms with E-state index in [1.807, 2.05) is 0 Å². The van der Waals surface area contributed by atoms with Gasteiger partial charge < -0.3 is 10.2 Å². The van der Waals surface area contributed by atoms with Crippen LogP contribution < -0.4 is 0 Å². The number of aliphatic hydroxyl groups excluding tert-OH is 1. The Morgan fingerprint density at radius 2 is 1.81 bits per heavy atom. The maximum atomic E-state index is 10.8. The molecule has 1 rings (SSSR count). The van der Waals surface area contributed by atoms with Crippen LogP contribution >= 0.6 is 0 Å². The second-order valence-electron chi connectivity index (χ2n) is 2.88. The van der Waals surface area contributed by atoms with E-state index in [0.29, 0.717) is 0 Å². The number of nitrogens with one attached hydrogen (secondary N) is 1. The molecule has 0 aliphatic rings. The summed E-state index contributed by atoms with van der Waals surface area (Å²) in [5.74, 6) is -2.09. The summed E-state index contributed by atoms with van der Waals surface area (Å²) in [7, 11) is 0. The van der Waals surface area contributed by atoms with Crippen LogP contribution in [0.25, 0.3) is 5.76 Å². The van der Waals surface area contributed by atoms with Crippen molar-refractivity contribution in [2.75, 3.05) is 0 Å². The van der Waals surface area contributed by atoms with Gasteiger partial charge in [0.25, 0.3) is 0 Å². The average molecular weight is 216 g/mol. The van der Waals surface area contributed by atoms with Gasteiger partial charge in [0.15, 0.2) is 5.71 Å². The van der Waals surface area contributed by atoms with E-state index < -0.39 is 23.0 Å². The molecule has 1 aromatic carbocycles. The van der Waals surface area contributed by atoms with Crippen molar-refractivity contribution >= 4 is 17.4 Å². The summed E-state index contributed by atoms with van der Waals surface area (Å²) in [5.41, 5.74) is -1.23. The smallest absolute Gasteiger partial charge is 0.342 e. The average Bonchev–Trinajstić information content (AvgIpc) is 2.29. The van der Waals surface area contributed by atoms with Gasteiger partial charge in [0, 0.05) is 5.56 Å². The van der Waals surface area contributed by atoms with Gasteiger partial charge in [-0.05, 0) is 0 Å². The van der Waals surface area contributed by atoms with Crippen molar-refractivity contribution in [1.82, 2.24) is 0 Å². The quantitative estimate of drug-likeness (QED) is 0.405. The molecule has 16 heavy (non-hydrogen) atoms. The summed E-state index contributed by atoms with van der Waals surface area (Å²) >= 11 is 0. The number of nitriles is 1. The number of hydrogen-bond acceptors (Lipinski definition) is 4. The molecule has 0 radical (unpaired) electrons. The Morgan fingerprint density at radius 1 is 1.25 bits per heavy atom. The molecule has 0 unspecified atom stereocenters. The highest BCUT2D eigenvalue weighted by atomic mass is 16.4. The second-order valence-corrected chi connectivity index (χ2v) is 2.88. The Balaban J connectivity index is 3.35. The molecule has 0 saturated heterocycles. The van der Waals surface area contributed by atoms with Gasteiger partial charge in [-0.3, -0.25) is 5.41 Å². The van der Waals surface area contributed by atoms with E-state index in [-0.39, 0.29) is 5.56 Å². The van der Waals surface area contributed by atoms with E-state index in [4.69, 9.17) is 15.8 Å². The van der Waals surface area contributed by atoms with Crippen LogP contribution in [0.15, 0.2) is 35.9 Å². The van der Waals surface area contributed by atoms with Crippen LogP contribution in [-0.2, 0) is 4.79 Å². The summed E-state index contributed by atoms with van der Waals surface area (Å²) < 4.78 is 0. The minimum absolute atomic E-state index is 0.250. The standard InChI is InChI=1S/C11H8N2O3/c12-6-8(13)9(11(15)16)10(14)7-4-2-1-3-5-7/h1-5,13-14H,(H,15,16).